The third-order valence-corrected chi connectivity index (χ3v) is 5.25. The van der Waals surface area contributed by atoms with Crippen LogP contribution in [0.5, 0.6) is 5.75 Å². The van der Waals surface area contributed by atoms with Crippen LogP contribution < -0.4 is 10.1 Å². The molecule has 0 bridgehead atoms. The van der Waals surface area contributed by atoms with Crippen LogP contribution in [0.15, 0.2) is 34.8 Å². The standard InChI is InChI=1S/C18H21N5O2S2/c1-18(2,3)15-21-17(23-22-15)27-10-14(24)20-16-19-13(9-26-16)11-5-7-12(25-4)8-6-11/h5-9H,10H2,1-4H3,(H,19,20,24)(H,21,22,23). The van der Waals surface area contributed by atoms with Gasteiger partial charge in [0.1, 0.15) is 11.6 Å². The van der Waals surface area contributed by atoms with E-state index >= 15 is 0 Å². The molecular weight excluding hydrogens is 382 g/mol. The highest BCUT2D eigenvalue weighted by atomic mass is 32.2. The number of nitrogens with one attached hydrogen (secondary N) is 2. The Morgan fingerprint density at radius 1 is 1.26 bits per heavy atom. The summed E-state index contributed by atoms with van der Waals surface area (Å²) in [5.74, 6) is 1.67. The Labute approximate surface area is 166 Å². The van der Waals surface area contributed by atoms with Crippen molar-refractivity contribution in [2.24, 2.45) is 0 Å². The first kappa shape index (κ1) is 19.4. The van der Waals surface area contributed by atoms with Gasteiger partial charge >= 0.3 is 0 Å². The maximum Gasteiger partial charge on any atom is 0.236 e. The SMILES string of the molecule is COc1ccc(-c2csc(NC(=O)CSc3n[nH]c(C(C)(C)C)n3)n2)cc1. The van der Waals surface area contributed by atoms with E-state index in [4.69, 9.17) is 4.74 Å². The van der Waals surface area contributed by atoms with Gasteiger partial charge in [0.25, 0.3) is 0 Å². The molecule has 27 heavy (non-hydrogen) atoms. The van der Waals surface area contributed by atoms with Crippen LogP contribution in [0.1, 0.15) is 26.6 Å². The number of hydrogen-bond donors (Lipinski definition) is 2. The van der Waals surface area contributed by atoms with Crippen LogP contribution in [0.4, 0.5) is 5.13 Å². The molecule has 0 radical (unpaired) electrons. The molecule has 0 aliphatic carbocycles. The zero-order chi connectivity index (χ0) is 19.4. The molecule has 142 valence electrons. The minimum atomic E-state index is -0.141. The van der Waals surface area contributed by atoms with Crippen molar-refractivity contribution in [1.29, 1.82) is 0 Å². The van der Waals surface area contributed by atoms with E-state index < -0.39 is 0 Å². The van der Waals surface area contributed by atoms with Gasteiger partial charge in [-0.1, -0.05) is 32.5 Å². The molecule has 2 aromatic heterocycles. The summed E-state index contributed by atoms with van der Waals surface area (Å²) in [6.45, 7) is 6.16. The van der Waals surface area contributed by atoms with Gasteiger partial charge < -0.3 is 10.1 Å². The van der Waals surface area contributed by atoms with Gasteiger partial charge in [0.2, 0.25) is 11.1 Å². The quantitative estimate of drug-likeness (QED) is 0.605. The van der Waals surface area contributed by atoms with Crippen LogP contribution in [0.3, 0.4) is 0 Å². The van der Waals surface area contributed by atoms with Crippen molar-refractivity contribution in [2.45, 2.75) is 31.3 Å². The first-order chi connectivity index (χ1) is 12.8. The lowest BCUT2D eigenvalue weighted by molar-refractivity contribution is -0.113. The zero-order valence-electron chi connectivity index (χ0n) is 15.6. The van der Waals surface area contributed by atoms with Crippen molar-refractivity contribution in [1.82, 2.24) is 20.2 Å². The number of aromatic nitrogens is 4. The second kappa shape index (κ2) is 8.10. The van der Waals surface area contributed by atoms with Crippen LogP contribution in [-0.4, -0.2) is 38.9 Å². The molecular formula is C18H21N5O2S2. The fourth-order valence-electron chi connectivity index (χ4n) is 2.16. The number of benzene rings is 1. The van der Waals surface area contributed by atoms with Gasteiger partial charge in [0, 0.05) is 16.4 Å². The van der Waals surface area contributed by atoms with Crippen molar-refractivity contribution in [3.05, 3.63) is 35.5 Å². The number of thioether (sulfide) groups is 1. The summed E-state index contributed by atoms with van der Waals surface area (Å²) < 4.78 is 5.16. The molecule has 3 aromatic rings. The van der Waals surface area contributed by atoms with Gasteiger partial charge in [-0.3, -0.25) is 9.89 Å². The van der Waals surface area contributed by atoms with Gasteiger partial charge in [-0.25, -0.2) is 9.97 Å². The monoisotopic (exact) mass is 403 g/mol. The Hall–Kier alpha value is -2.39. The maximum atomic E-state index is 12.2. The average Bonchev–Trinajstić information content (AvgIpc) is 3.29. The number of methoxy groups -OCH3 is 1. The molecule has 0 spiro atoms. The number of thiazole rings is 1. The third-order valence-electron chi connectivity index (χ3n) is 3.64. The number of carbonyl (C=O) groups is 1. The molecule has 0 unspecified atom stereocenters. The summed E-state index contributed by atoms with van der Waals surface area (Å²) >= 11 is 2.68. The molecule has 1 amide bonds. The molecule has 0 aliphatic rings. The fraction of sp³-hybridized carbons (Fsp3) is 0.333. The minimum absolute atomic E-state index is 0.104. The number of amides is 1. The molecule has 2 heterocycles. The molecule has 0 fully saturated rings. The molecule has 0 saturated heterocycles. The number of carbonyl (C=O) groups excluding carboxylic acids is 1. The van der Waals surface area contributed by atoms with Crippen LogP contribution in [-0.2, 0) is 10.2 Å². The second-order valence-corrected chi connectivity index (χ2v) is 8.62. The number of nitrogens with zero attached hydrogens (tertiary/aromatic N) is 3. The highest BCUT2D eigenvalue weighted by Gasteiger charge is 2.19. The lowest BCUT2D eigenvalue weighted by Gasteiger charge is -2.12. The van der Waals surface area contributed by atoms with E-state index in [2.05, 4.69) is 46.3 Å². The lowest BCUT2D eigenvalue weighted by Crippen LogP contribution is -2.14. The Morgan fingerprint density at radius 3 is 2.63 bits per heavy atom. The summed E-state index contributed by atoms with van der Waals surface area (Å²) in [7, 11) is 1.63. The van der Waals surface area contributed by atoms with E-state index in [1.165, 1.54) is 23.1 Å². The van der Waals surface area contributed by atoms with E-state index in [-0.39, 0.29) is 17.1 Å². The van der Waals surface area contributed by atoms with Crippen molar-refractivity contribution < 1.29 is 9.53 Å². The Kier molecular flexibility index (Phi) is 5.81. The molecule has 0 saturated carbocycles. The molecule has 3 rings (SSSR count). The molecule has 7 nitrogen and oxygen atoms in total. The van der Waals surface area contributed by atoms with Gasteiger partial charge in [-0.15, -0.1) is 16.4 Å². The van der Waals surface area contributed by atoms with E-state index in [1.807, 2.05) is 29.6 Å². The summed E-state index contributed by atoms with van der Waals surface area (Å²) in [5, 5.41) is 12.9. The topological polar surface area (TPSA) is 92.8 Å². The van der Waals surface area contributed by atoms with E-state index in [0.717, 1.165) is 22.8 Å². The Morgan fingerprint density at radius 2 is 2.00 bits per heavy atom. The second-order valence-electron chi connectivity index (χ2n) is 6.82. The predicted octanol–water partition coefficient (Wildman–Crippen LogP) is 3.97. The first-order valence-corrected chi connectivity index (χ1v) is 10.2. The number of rotatable bonds is 6. The lowest BCUT2D eigenvalue weighted by atomic mass is 9.96. The predicted molar refractivity (Wildman–Crippen MR) is 109 cm³/mol. The Bertz CT molecular complexity index is 912. The molecule has 2 N–H and O–H groups in total. The summed E-state index contributed by atoms with van der Waals surface area (Å²) in [6, 6.07) is 7.63. The third kappa shape index (κ3) is 5.08. The molecule has 9 heteroatoms. The van der Waals surface area contributed by atoms with Crippen molar-refractivity contribution >= 4 is 34.1 Å². The van der Waals surface area contributed by atoms with Crippen LogP contribution in [0.25, 0.3) is 11.3 Å². The highest BCUT2D eigenvalue weighted by molar-refractivity contribution is 7.99. The summed E-state index contributed by atoms with van der Waals surface area (Å²) in [5.41, 5.74) is 1.68. The van der Waals surface area contributed by atoms with Crippen LogP contribution in [0.2, 0.25) is 0 Å². The number of anilines is 1. The molecule has 0 atom stereocenters. The highest BCUT2D eigenvalue weighted by Crippen LogP contribution is 2.27. The van der Waals surface area contributed by atoms with Gasteiger partial charge in [0.15, 0.2) is 5.13 Å². The van der Waals surface area contributed by atoms with E-state index in [0.29, 0.717) is 10.3 Å². The largest absolute Gasteiger partial charge is 0.497 e. The Balaban J connectivity index is 1.55. The average molecular weight is 404 g/mol. The van der Waals surface area contributed by atoms with Crippen molar-refractivity contribution in [3.8, 4) is 17.0 Å². The van der Waals surface area contributed by atoms with E-state index in [9.17, 15) is 4.79 Å². The minimum Gasteiger partial charge on any atom is -0.497 e. The fourth-order valence-corrected chi connectivity index (χ4v) is 3.49. The maximum absolute atomic E-state index is 12.2. The zero-order valence-corrected chi connectivity index (χ0v) is 17.2. The van der Waals surface area contributed by atoms with Gasteiger partial charge in [0.05, 0.1) is 18.6 Å². The summed E-state index contributed by atoms with van der Waals surface area (Å²) in [4.78, 5) is 21.0. The van der Waals surface area contributed by atoms with Gasteiger partial charge in [-0.05, 0) is 24.3 Å². The van der Waals surface area contributed by atoms with Gasteiger partial charge in [-0.2, -0.15) is 0 Å². The smallest absolute Gasteiger partial charge is 0.236 e. The number of H-pyrrole nitrogens is 1. The van der Waals surface area contributed by atoms with Crippen LogP contribution in [0, 0.1) is 0 Å². The molecule has 0 aliphatic heterocycles. The normalized spacial score (nSPS) is 11.4. The van der Waals surface area contributed by atoms with Crippen molar-refractivity contribution in [2.75, 3.05) is 18.2 Å². The molecule has 1 aromatic carbocycles. The van der Waals surface area contributed by atoms with E-state index in [1.54, 1.807) is 7.11 Å². The van der Waals surface area contributed by atoms with Crippen molar-refractivity contribution in [3.63, 3.8) is 0 Å². The number of aromatic amines is 1. The first-order valence-electron chi connectivity index (χ1n) is 8.30. The number of ether oxygens (including phenoxy) is 1. The number of hydrogen-bond acceptors (Lipinski definition) is 7. The van der Waals surface area contributed by atoms with Crippen LogP contribution >= 0.6 is 23.1 Å². The summed E-state index contributed by atoms with van der Waals surface area (Å²) in [6.07, 6.45) is 0.